The van der Waals surface area contributed by atoms with E-state index >= 15 is 0 Å². The molecule has 2 saturated heterocycles. The summed E-state index contributed by atoms with van der Waals surface area (Å²) in [5.74, 6) is 0.718. The van der Waals surface area contributed by atoms with E-state index in [9.17, 15) is 13.2 Å². The maximum absolute atomic E-state index is 12.8. The van der Waals surface area contributed by atoms with Crippen LogP contribution in [0.2, 0.25) is 0 Å². The summed E-state index contributed by atoms with van der Waals surface area (Å²) < 4.78 is 23.1. The third kappa shape index (κ3) is 5.07. The number of nitrogens with zero attached hydrogens (tertiary/aromatic N) is 1. The third-order valence-corrected chi connectivity index (χ3v) is 6.37. The SMILES string of the molecule is CC(CS(C)(=O)=O)N(C(=O)CC1CC2CCC(C1)N2)C1CC1.Cl. The minimum Gasteiger partial charge on any atom is -0.336 e. The van der Waals surface area contributed by atoms with Gasteiger partial charge in [0.25, 0.3) is 0 Å². The quantitative estimate of drug-likeness (QED) is 0.779. The molecule has 5 nitrogen and oxygen atoms in total. The maximum Gasteiger partial charge on any atom is 0.223 e. The summed E-state index contributed by atoms with van der Waals surface area (Å²) in [6.07, 6.45) is 8.58. The fraction of sp³-hybridized carbons (Fsp3) is 0.938. The summed E-state index contributed by atoms with van der Waals surface area (Å²) in [5.41, 5.74) is 0. The van der Waals surface area contributed by atoms with Crippen LogP contribution in [0, 0.1) is 5.92 Å². The van der Waals surface area contributed by atoms with Crippen molar-refractivity contribution in [1.82, 2.24) is 10.2 Å². The van der Waals surface area contributed by atoms with Gasteiger partial charge in [-0.05, 0) is 51.4 Å². The maximum atomic E-state index is 12.8. The molecule has 1 amide bonds. The number of carbonyl (C=O) groups excluding carboxylic acids is 1. The van der Waals surface area contributed by atoms with Crippen molar-refractivity contribution in [2.24, 2.45) is 5.92 Å². The summed E-state index contributed by atoms with van der Waals surface area (Å²) in [7, 11) is -3.05. The van der Waals surface area contributed by atoms with Gasteiger partial charge in [-0.25, -0.2) is 8.42 Å². The van der Waals surface area contributed by atoms with Gasteiger partial charge < -0.3 is 10.2 Å². The summed E-state index contributed by atoms with van der Waals surface area (Å²) in [6.45, 7) is 1.88. The van der Waals surface area contributed by atoms with E-state index in [2.05, 4.69) is 5.32 Å². The summed E-state index contributed by atoms with van der Waals surface area (Å²) in [4.78, 5) is 14.6. The Balaban J connectivity index is 0.00000192. The highest BCUT2D eigenvalue weighted by atomic mass is 35.5. The van der Waals surface area contributed by atoms with E-state index in [1.54, 1.807) is 0 Å². The lowest BCUT2D eigenvalue weighted by Crippen LogP contribution is -2.46. The molecule has 0 aromatic rings. The second-order valence-electron chi connectivity index (χ2n) is 7.65. The Hall–Kier alpha value is -0.330. The predicted octanol–water partition coefficient (Wildman–Crippen LogP) is 1.75. The molecule has 0 spiro atoms. The second-order valence-corrected chi connectivity index (χ2v) is 9.84. The minimum atomic E-state index is -3.05. The lowest BCUT2D eigenvalue weighted by molar-refractivity contribution is -0.134. The Morgan fingerprint density at radius 2 is 1.74 bits per heavy atom. The van der Waals surface area contributed by atoms with E-state index in [4.69, 9.17) is 0 Å². The Bertz CT molecular complexity index is 523. The van der Waals surface area contributed by atoms with Crippen LogP contribution in [-0.4, -0.2) is 55.4 Å². The molecule has 3 rings (SSSR count). The molecule has 7 heteroatoms. The number of hydrogen-bond donors (Lipinski definition) is 1. The molecule has 3 atom stereocenters. The van der Waals surface area contributed by atoms with Gasteiger partial charge in [0, 0.05) is 36.8 Å². The molecule has 2 bridgehead atoms. The molecule has 3 unspecified atom stereocenters. The summed E-state index contributed by atoms with van der Waals surface area (Å²) in [6, 6.07) is 1.27. The fourth-order valence-corrected chi connectivity index (χ4v) is 5.41. The van der Waals surface area contributed by atoms with Gasteiger partial charge in [0.15, 0.2) is 0 Å². The first-order chi connectivity index (χ1) is 10.3. The zero-order valence-electron chi connectivity index (χ0n) is 14.0. The fourth-order valence-electron chi connectivity index (χ4n) is 4.37. The Kier molecular flexibility index (Phi) is 6.01. The number of carbonyl (C=O) groups is 1. The summed E-state index contributed by atoms with van der Waals surface area (Å²) >= 11 is 0. The first-order valence-corrected chi connectivity index (χ1v) is 10.6. The molecule has 0 aromatic heterocycles. The molecule has 134 valence electrons. The molecule has 1 aliphatic carbocycles. The van der Waals surface area contributed by atoms with E-state index in [0.29, 0.717) is 24.4 Å². The lowest BCUT2D eigenvalue weighted by Gasteiger charge is -2.33. The van der Waals surface area contributed by atoms with E-state index < -0.39 is 9.84 Å². The molecule has 3 aliphatic rings. The van der Waals surface area contributed by atoms with Crippen molar-refractivity contribution in [2.45, 2.75) is 76.0 Å². The van der Waals surface area contributed by atoms with Gasteiger partial charge in [0.05, 0.1) is 5.75 Å². The van der Waals surface area contributed by atoms with E-state index in [0.717, 1.165) is 25.7 Å². The van der Waals surface area contributed by atoms with Crippen LogP contribution in [0.3, 0.4) is 0 Å². The largest absolute Gasteiger partial charge is 0.336 e. The lowest BCUT2D eigenvalue weighted by atomic mass is 9.89. The molecular weight excluding hydrogens is 336 g/mol. The highest BCUT2D eigenvalue weighted by Crippen LogP contribution is 2.35. The first kappa shape index (κ1) is 19.0. The summed E-state index contributed by atoms with van der Waals surface area (Å²) in [5, 5.41) is 3.61. The predicted molar refractivity (Wildman–Crippen MR) is 93.6 cm³/mol. The molecule has 1 N–H and O–H groups in total. The zero-order valence-corrected chi connectivity index (χ0v) is 15.7. The number of piperidine rings is 1. The molecule has 1 saturated carbocycles. The van der Waals surface area contributed by atoms with Crippen molar-refractivity contribution < 1.29 is 13.2 Å². The Morgan fingerprint density at radius 1 is 1.17 bits per heavy atom. The topological polar surface area (TPSA) is 66.5 Å². The van der Waals surface area contributed by atoms with E-state index in [-0.39, 0.29) is 36.2 Å². The number of halogens is 1. The number of hydrogen-bond acceptors (Lipinski definition) is 4. The smallest absolute Gasteiger partial charge is 0.223 e. The molecule has 2 heterocycles. The number of nitrogens with one attached hydrogen (secondary N) is 1. The second kappa shape index (κ2) is 7.28. The third-order valence-electron chi connectivity index (χ3n) is 5.28. The van der Waals surface area contributed by atoms with Gasteiger partial charge in [-0.15, -0.1) is 12.4 Å². The first-order valence-electron chi connectivity index (χ1n) is 8.57. The number of fused-ring (bicyclic) bond motifs is 2. The highest BCUT2D eigenvalue weighted by Gasteiger charge is 2.39. The molecule has 0 aromatic carbocycles. The van der Waals surface area contributed by atoms with Crippen LogP contribution in [0.15, 0.2) is 0 Å². The van der Waals surface area contributed by atoms with Crippen molar-refractivity contribution in [3.8, 4) is 0 Å². The van der Waals surface area contributed by atoms with Gasteiger partial charge in [-0.1, -0.05) is 0 Å². The van der Waals surface area contributed by atoms with Crippen molar-refractivity contribution in [3.63, 3.8) is 0 Å². The van der Waals surface area contributed by atoms with Crippen LogP contribution in [0.4, 0.5) is 0 Å². The molecular formula is C16H29ClN2O3S. The van der Waals surface area contributed by atoms with Gasteiger partial charge in [0.1, 0.15) is 9.84 Å². The number of rotatable bonds is 6. The van der Waals surface area contributed by atoms with Crippen molar-refractivity contribution in [3.05, 3.63) is 0 Å². The number of amides is 1. The monoisotopic (exact) mass is 364 g/mol. The average molecular weight is 365 g/mol. The van der Waals surface area contributed by atoms with Crippen LogP contribution in [0.5, 0.6) is 0 Å². The normalized spacial score (nSPS) is 31.3. The highest BCUT2D eigenvalue weighted by molar-refractivity contribution is 7.90. The van der Waals surface area contributed by atoms with Crippen molar-refractivity contribution in [2.75, 3.05) is 12.0 Å². The molecule has 0 radical (unpaired) electrons. The van der Waals surface area contributed by atoms with Gasteiger partial charge in [0.2, 0.25) is 5.91 Å². The standard InChI is InChI=1S/C16H28N2O3S.ClH/c1-11(10-22(2,20)21)18(15-5-6-15)16(19)9-12-7-13-3-4-14(8-12)17-13;/h11-15,17H,3-10H2,1-2H3;1H. The zero-order chi connectivity index (χ0) is 15.9. The molecule has 2 aliphatic heterocycles. The van der Waals surface area contributed by atoms with Crippen molar-refractivity contribution >= 4 is 28.2 Å². The molecule has 23 heavy (non-hydrogen) atoms. The Morgan fingerprint density at radius 3 is 2.22 bits per heavy atom. The van der Waals surface area contributed by atoms with Crippen molar-refractivity contribution in [1.29, 1.82) is 0 Å². The van der Waals surface area contributed by atoms with E-state index in [1.165, 1.54) is 19.1 Å². The average Bonchev–Trinajstić information content (AvgIpc) is 3.13. The minimum absolute atomic E-state index is 0. The van der Waals surface area contributed by atoms with Crippen LogP contribution >= 0.6 is 12.4 Å². The van der Waals surface area contributed by atoms with Crippen LogP contribution in [0.1, 0.15) is 51.9 Å². The van der Waals surface area contributed by atoms with Crippen LogP contribution in [-0.2, 0) is 14.6 Å². The van der Waals surface area contributed by atoms with E-state index in [1.807, 2.05) is 11.8 Å². The molecule has 3 fully saturated rings. The van der Waals surface area contributed by atoms with Crippen LogP contribution in [0.25, 0.3) is 0 Å². The van der Waals surface area contributed by atoms with Crippen LogP contribution < -0.4 is 5.32 Å². The number of sulfone groups is 1. The van der Waals surface area contributed by atoms with Gasteiger partial charge >= 0.3 is 0 Å². The van der Waals surface area contributed by atoms with Gasteiger partial charge in [-0.3, -0.25) is 4.79 Å². The Labute approximate surface area is 145 Å². The van der Waals surface area contributed by atoms with Gasteiger partial charge in [-0.2, -0.15) is 0 Å².